The van der Waals surface area contributed by atoms with E-state index in [-0.39, 0.29) is 11.8 Å². The molecule has 8 nitrogen and oxygen atoms in total. The van der Waals surface area contributed by atoms with Crippen LogP contribution in [0.25, 0.3) is 0 Å². The predicted molar refractivity (Wildman–Crippen MR) is 133 cm³/mol. The number of methoxy groups -OCH3 is 1. The zero-order valence-electron chi connectivity index (χ0n) is 20.2. The molecule has 2 amide bonds. The van der Waals surface area contributed by atoms with Gasteiger partial charge in [0.15, 0.2) is 0 Å². The first-order chi connectivity index (χ1) is 16.9. The van der Waals surface area contributed by atoms with Crippen LogP contribution in [0.1, 0.15) is 30.4 Å². The number of aryl methyl sites for hydroxylation is 1. The maximum Gasteiger partial charge on any atom is 0.243 e. The van der Waals surface area contributed by atoms with Crippen molar-refractivity contribution in [2.45, 2.75) is 37.0 Å². The minimum atomic E-state index is -3.42. The van der Waals surface area contributed by atoms with Crippen LogP contribution in [0.15, 0.2) is 53.4 Å². The molecule has 35 heavy (non-hydrogen) atoms. The third-order valence-corrected chi connectivity index (χ3v) is 8.64. The van der Waals surface area contributed by atoms with Crippen LogP contribution in [-0.4, -0.2) is 80.7 Å². The maximum absolute atomic E-state index is 12.7. The molecule has 9 heteroatoms. The number of amides is 2. The van der Waals surface area contributed by atoms with Gasteiger partial charge in [0.25, 0.3) is 0 Å². The number of hydrogen-bond acceptors (Lipinski definition) is 5. The largest absolute Gasteiger partial charge is 0.497 e. The van der Waals surface area contributed by atoms with Crippen LogP contribution in [-0.2, 0) is 32.5 Å². The molecule has 0 aliphatic carbocycles. The second kappa shape index (κ2) is 11.2. The van der Waals surface area contributed by atoms with Crippen molar-refractivity contribution in [2.24, 2.45) is 0 Å². The summed E-state index contributed by atoms with van der Waals surface area (Å²) >= 11 is 0. The Labute approximate surface area is 207 Å². The fraction of sp³-hybridized carbons (Fsp3) is 0.462. The molecular weight excluding hydrogens is 466 g/mol. The van der Waals surface area contributed by atoms with Crippen LogP contribution in [0.4, 0.5) is 0 Å². The van der Waals surface area contributed by atoms with Crippen molar-refractivity contribution in [3.63, 3.8) is 0 Å². The van der Waals surface area contributed by atoms with E-state index in [1.165, 1.54) is 4.31 Å². The van der Waals surface area contributed by atoms with Gasteiger partial charge < -0.3 is 14.5 Å². The maximum atomic E-state index is 12.7. The molecule has 0 spiro atoms. The monoisotopic (exact) mass is 499 g/mol. The fourth-order valence-electron chi connectivity index (χ4n) is 4.59. The summed E-state index contributed by atoms with van der Waals surface area (Å²) in [4.78, 5) is 29.3. The van der Waals surface area contributed by atoms with E-state index in [1.807, 2.05) is 34.1 Å². The first-order valence-corrected chi connectivity index (χ1v) is 13.6. The molecule has 0 bridgehead atoms. The lowest BCUT2D eigenvalue weighted by atomic mass is 10.1. The molecule has 2 saturated heterocycles. The Kier molecular flexibility index (Phi) is 8.07. The molecule has 2 fully saturated rings. The van der Waals surface area contributed by atoms with Crippen LogP contribution >= 0.6 is 0 Å². The molecule has 2 aliphatic heterocycles. The molecule has 0 N–H and O–H groups in total. The number of sulfonamides is 1. The van der Waals surface area contributed by atoms with Crippen molar-refractivity contribution in [3.05, 3.63) is 59.7 Å². The van der Waals surface area contributed by atoms with Gasteiger partial charge in [-0.2, -0.15) is 4.31 Å². The highest BCUT2D eigenvalue weighted by atomic mass is 32.2. The third-order valence-electron chi connectivity index (χ3n) is 6.73. The molecule has 2 heterocycles. The molecule has 0 unspecified atom stereocenters. The van der Waals surface area contributed by atoms with Crippen molar-refractivity contribution in [2.75, 3.05) is 46.4 Å². The van der Waals surface area contributed by atoms with Gasteiger partial charge in [-0.1, -0.05) is 24.3 Å². The van der Waals surface area contributed by atoms with Gasteiger partial charge in [-0.05, 0) is 54.7 Å². The SMILES string of the molecule is COc1cccc(CC(=O)N2CCN(C(=O)CCc3ccc(S(=O)(=O)N4CCCC4)cc3)CC2)c1. The number of rotatable bonds is 8. The normalized spacial score (nSPS) is 16.9. The Hall–Kier alpha value is -2.91. The highest BCUT2D eigenvalue weighted by molar-refractivity contribution is 7.89. The second-order valence-electron chi connectivity index (χ2n) is 9.05. The molecule has 188 valence electrons. The molecule has 2 aliphatic rings. The number of piperazine rings is 1. The van der Waals surface area contributed by atoms with Gasteiger partial charge in [0, 0.05) is 45.7 Å². The van der Waals surface area contributed by atoms with E-state index in [0.717, 1.165) is 29.7 Å². The van der Waals surface area contributed by atoms with E-state index in [1.54, 1.807) is 31.4 Å². The van der Waals surface area contributed by atoms with Crippen molar-refractivity contribution < 1.29 is 22.7 Å². The number of carbonyl (C=O) groups is 2. The Bertz CT molecular complexity index is 1140. The van der Waals surface area contributed by atoms with Gasteiger partial charge in [-0.3, -0.25) is 9.59 Å². The standard InChI is InChI=1S/C26H33N3O5S/c1-34-23-6-4-5-22(19-23)20-26(31)28-17-15-27(16-18-28)25(30)12-9-21-7-10-24(11-8-21)35(32,33)29-13-2-3-14-29/h4-8,10-11,19H,2-3,9,12-18,20H2,1H3. The Morgan fingerprint density at radius 3 is 2.09 bits per heavy atom. The molecule has 0 radical (unpaired) electrons. The van der Waals surface area contributed by atoms with Crippen LogP contribution in [0, 0.1) is 0 Å². The van der Waals surface area contributed by atoms with E-state index in [0.29, 0.717) is 63.4 Å². The number of carbonyl (C=O) groups excluding carboxylic acids is 2. The van der Waals surface area contributed by atoms with Crippen LogP contribution in [0.3, 0.4) is 0 Å². The number of ether oxygens (including phenoxy) is 1. The highest BCUT2D eigenvalue weighted by Gasteiger charge is 2.27. The van der Waals surface area contributed by atoms with E-state index < -0.39 is 10.0 Å². The lowest BCUT2D eigenvalue weighted by Crippen LogP contribution is -2.51. The van der Waals surface area contributed by atoms with E-state index in [2.05, 4.69) is 0 Å². The average molecular weight is 500 g/mol. The van der Waals surface area contributed by atoms with Gasteiger partial charge in [0.05, 0.1) is 18.4 Å². The summed E-state index contributed by atoms with van der Waals surface area (Å²) in [5.74, 6) is 0.835. The zero-order valence-corrected chi connectivity index (χ0v) is 21.0. The molecule has 2 aromatic carbocycles. The molecule has 0 aromatic heterocycles. The summed E-state index contributed by atoms with van der Waals surface area (Å²) in [7, 11) is -1.82. The summed E-state index contributed by atoms with van der Waals surface area (Å²) in [5.41, 5.74) is 1.85. The van der Waals surface area contributed by atoms with E-state index in [9.17, 15) is 18.0 Å². The summed E-state index contributed by atoms with van der Waals surface area (Å²) < 4.78 is 32.1. The Morgan fingerprint density at radius 1 is 0.829 bits per heavy atom. The van der Waals surface area contributed by atoms with Crippen LogP contribution in [0.2, 0.25) is 0 Å². The first-order valence-electron chi connectivity index (χ1n) is 12.1. The second-order valence-corrected chi connectivity index (χ2v) is 11.0. The van der Waals surface area contributed by atoms with Crippen LogP contribution < -0.4 is 4.74 Å². The molecular formula is C26H33N3O5S. The molecule has 0 atom stereocenters. The van der Waals surface area contributed by atoms with Gasteiger partial charge in [0.1, 0.15) is 5.75 Å². The minimum absolute atomic E-state index is 0.0503. The van der Waals surface area contributed by atoms with Gasteiger partial charge in [-0.15, -0.1) is 0 Å². The minimum Gasteiger partial charge on any atom is -0.497 e. The quantitative estimate of drug-likeness (QED) is 0.556. The summed E-state index contributed by atoms with van der Waals surface area (Å²) in [6.07, 6.45) is 3.04. The summed E-state index contributed by atoms with van der Waals surface area (Å²) in [6, 6.07) is 14.4. The van der Waals surface area contributed by atoms with E-state index in [4.69, 9.17) is 4.74 Å². The van der Waals surface area contributed by atoms with Crippen molar-refractivity contribution in [1.29, 1.82) is 0 Å². The zero-order chi connectivity index (χ0) is 24.8. The fourth-order valence-corrected chi connectivity index (χ4v) is 6.11. The van der Waals surface area contributed by atoms with Crippen LogP contribution in [0.5, 0.6) is 5.75 Å². The average Bonchev–Trinajstić information content (AvgIpc) is 3.44. The summed E-state index contributed by atoms with van der Waals surface area (Å²) in [6.45, 7) is 3.26. The van der Waals surface area contributed by atoms with Gasteiger partial charge >= 0.3 is 0 Å². The molecule has 4 rings (SSSR count). The Balaban J connectivity index is 1.23. The van der Waals surface area contributed by atoms with Gasteiger partial charge in [-0.25, -0.2) is 8.42 Å². The van der Waals surface area contributed by atoms with Gasteiger partial charge in [0.2, 0.25) is 21.8 Å². The number of nitrogens with zero attached hydrogens (tertiary/aromatic N) is 3. The molecule has 2 aromatic rings. The summed E-state index contributed by atoms with van der Waals surface area (Å²) in [5, 5.41) is 0. The van der Waals surface area contributed by atoms with Crippen molar-refractivity contribution >= 4 is 21.8 Å². The lowest BCUT2D eigenvalue weighted by Gasteiger charge is -2.35. The first kappa shape index (κ1) is 25.2. The topological polar surface area (TPSA) is 87.2 Å². The Morgan fingerprint density at radius 2 is 1.46 bits per heavy atom. The van der Waals surface area contributed by atoms with Crippen molar-refractivity contribution in [3.8, 4) is 5.75 Å². The number of benzene rings is 2. The third kappa shape index (κ3) is 6.21. The van der Waals surface area contributed by atoms with E-state index >= 15 is 0 Å². The van der Waals surface area contributed by atoms with Crippen molar-refractivity contribution in [1.82, 2.24) is 14.1 Å². The lowest BCUT2D eigenvalue weighted by molar-refractivity contribution is -0.139. The number of hydrogen-bond donors (Lipinski definition) is 0. The smallest absolute Gasteiger partial charge is 0.243 e. The predicted octanol–water partition coefficient (Wildman–Crippen LogP) is 2.33. The molecule has 0 saturated carbocycles. The highest BCUT2D eigenvalue weighted by Crippen LogP contribution is 2.21.